The van der Waals surface area contributed by atoms with Crippen molar-refractivity contribution >= 4 is 0 Å². The topological polar surface area (TPSA) is 15.3 Å². The molecule has 1 atom stereocenters. The van der Waals surface area contributed by atoms with Crippen LogP contribution in [-0.2, 0) is 12.4 Å². The van der Waals surface area contributed by atoms with Crippen molar-refractivity contribution in [3.63, 3.8) is 0 Å². The standard InChI is InChI=1S/C17H21F7N2/c1-15(2,3)14(26-6-4-25-5-7-26)13-11(17(22,23)24)8-10(9-12(13)18)16(19,20)21/h8-9,14,25H,4-7H2,1-3H3/t14-/m0/s1. The van der Waals surface area contributed by atoms with Gasteiger partial charge < -0.3 is 5.32 Å². The van der Waals surface area contributed by atoms with Crippen molar-refractivity contribution in [3.8, 4) is 0 Å². The van der Waals surface area contributed by atoms with Gasteiger partial charge in [0.1, 0.15) is 5.82 Å². The molecule has 1 heterocycles. The lowest BCUT2D eigenvalue weighted by atomic mass is 9.78. The summed E-state index contributed by atoms with van der Waals surface area (Å²) in [7, 11) is 0. The Balaban J connectivity index is 2.71. The smallest absolute Gasteiger partial charge is 0.314 e. The highest BCUT2D eigenvalue weighted by molar-refractivity contribution is 5.40. The lowest BCUT2D eigenvalue weighted by Gasteiger charge is -2.43. The lowest BCUT2D eigenvalue weighted by molar-refractivity contribution is -0.144. The summed E-state index contributed by atoms with van der Waals surface area (Å²) < 4.78 is 94.0. The van der Waals surface area contributed by atoms with Crippen LogP contribution in [0.15, 0.2) is 12.1 Å². The summed E-state index contributed by atoms with van der Waals surface area (Å²) in [6, 6.07) is -0.839. The summed E-state index contributed by atoms with van der Waals surface area (Å²) in [5, 5.41) is 3.05. The molecule has 0 unspecified atom stereocenters. The van der Waals surface area contributed by atoms with Crippen molar-refractivity contribution in [1.82, 2.24) is 10.2 Å². The molecule has 1 aromatic carbocycles. The van der Waals surface area contributed by atoms with Gasteiger partial charge in [-0.1, -0.05) is 20.8 Å². The maximum Gasteiger partial charge on any atom is 0.416 e. The number of rotatable bonds is 2. The Hall–Kier alpha value is -1.35. The van der Waals surface area contributed by atoms with Gasteiger partial charge in [0, 0.05) is 37.8 Å². The molecule has 2 nitrogen and oxygen atoms in total. The zero-order valence-corrected chi connectivity index (χ0v) is 14.7. The van der Waals surface area contributed by atoms with E-state index in [9.17, 15) is 30.7 Å². The molecule has 148 valence electrons. The van der Waals surface area contributed by atoms with Crippen molar-refractivity contribution in [1.29, 1.82) is 0 Å². The quantitative estimate of drug-likeness (QED) is 0.731. The second-order valence-electron chi connectivity index (χ2n) is 7.47. The van der Waals surface area contributed by atoms with Gasteiger partial charge in [-0.25, -0.2) is 4.39 Å². The fourth-order valence-electron chi connectivity index (χ4n) is 3.40. The van der Waals surface area contributed by atoms with Crippen LogP contribution in [0.3, 0.4) is 0 Å². The summed E-state index contributed by atoms with van der Waals surface area (Å²) in [6.45, 7) is 6.72. The van der Waals surface area contributed by atoms with Gasteiger partial charge in [0.15, 0.2) is 0 Å². The number of hydrogen-bond donors (Lipinski definition) is 1. The van der Waals surface area contributed by atoms with Crippen LogP contribution >= 0.6 is 0 Å². The Morgan fingerprint density at radius 1 is 0.923 bits per heavy atom. The van der Waals surface area contributed by atoms with Crippen LogP contribution in [0.2, 0.25) is 0 Å². The van der Waals surface area contributed by atoms with Crippen molar-refractivity contribution in [2.45, 2.75) is 39.2 Å². The second kappa shape index (κ2) is 6.99. The van der Waals surface area contributed by atoms with Crippen LogP contribution < -0.4 is 5.32 Å². The average molecular weight is 386 g/mol. The molecule has 0 saturated carbocycles. The largest absolute Gasteiger partial charge is 0.416 e. The molecule has 0 aliphatic carbocycles. The molecule has 1 fully saturated rings. The van der Waals surface area contributed by atoms with Gasteiger partial charge >= 0.3 is 12.4 Å². The first-order valence-corrected chi connectivity index (χ1v) is 8.15. The second-order valence-corrected chi connectivity index (χ2v) is 7.47. The molecule has 2 rings (SSSR count). The van der Waals surface area contributed by atoms with Crippen LogP contribution in [0.5, 0.6) is 0 Å². The number of nitrogens with one attached hydrogen (secondary N) is 1. The minimum atomic E-state index is -5.10. The Morgan fingerprint density at radius 3 is 1.88 bits per heavy atom. The predicted molar refractivity (Wildman–Crippen MR) is 83.0 cm³/mol. The Bertz CT molecular complexity index is 638. The van der Waals surface area contributed by atoms with Gasteiger partial charge in [0.05, 0.1) is 11.1 Å². The molecule has 0 radical (unpaired) electrons. The molecule has 0 amide bonds. The Morgan fingerprint density at radius 2 is 1.46 bits per heavy atom. The monoisotopic (exact) mass is 386 g/mol. The number of piperazine rings is 1. The zero-order chi connectivity index (χ0) is 19.9. The van der Waals surface area contributed by atoms with E-state index in [1.54, 1.807) is 25.7 Å². The van der Waals surface area contributed by atoms with Gasteiger partial charge in [0.25, 0.3) is 0 Å². The van der Waals surface area contributed by atoms with Gasteiger partial charge in [-0.15, -0.1) is 0 Å². The van der Waals surface area contributed by atoms with Crippen molar-refractivity contribution in [2.75, 3.05) is 26.2 Å². The van der Waals surface area contributed by atoms with E-state index in [2.05, 4.69) is 5.32 Å². The molecule has 0 aromatic heterocycles. The highest BCUT2D eigenvalue weighted by atomic mass is 19.4. The van der Waals surface area contributed by atoms with E-state index >= 15 is 0 Å². The molecule has 0 bridgehead atoms. The molecular formula is C17H21F7N2. The average Bonchev–Trinajstić information content (AvgIpc) is 2.46. The van der Waals surface area contributed by atoms with Crippen LogP contribution in [0.4, 0.5) is 30.7 Å². The van der Waals surface area contributed by atoms with Crippen LogP contribution in [0, 0.1) is 11.2 Å². The van der Waals surface area contributed by atoms with E-state index in [-0.39, 0.29) is 12.1 Å². The van der Waals surface area contributed by atoms with E-state index in [4.69, 9.17) is 0 Å². The Kier molecular flexibility index (Phi) is 5.64. The first kappa shape index (κ1) is 21.0. The van der Waals surface area contributed by atoms with Crippen LogP contribution in [0.25, 0.3) is 0 Å². The summed E-state index contributed by atoms with van der Waals surface area (Å²) in [4.78, 5) is 1.69. The van der Waals surface area contributed by atoms with Gasteiger partial charge in [-0.05, 0) is 17.5 Å². The minimum Gasteiger partial charge on any atom is -0.314 e. The maximum atomic E-state index is 14.7. The number of nitrogens with zero attached hydrogens (tertiary/aromatic N) is 1. The highest BCUT2D eigenvalue weighted by Gasteiger charge is 2.45. The molecule has 26 heavy (non-hydrogen) atoms. The summed E-state index contributed by atoms with van der Waals surface area (Å²) in [6.07, 6.45) is -10.2. The molecule has 1 aliphatic rings. The lowest BCUT2D eigenvalue weighted by Crippen LogP contribution is -2.49. The molecule has 1 aliphatic heterocycles. The maximum absolute atomic E-state index is 14.7. The fraction of sp³-hybridized carbons (Fsp3) is 0.647. The third-order valence-electron chi connectivity index (χ3n) is 4.37. The van der Waals surface area contributed by atoms with Crippen LogP contribution in [0.1, 0.15) is 43.5 Å². The molecule has 1 saturated heterocycles. The molecular weight excluding hydrogens is 365 g/mol. The summed E-state index contributed by atoms with van der Waals surface area (Å²) in [5.41, 5.74) is -4.75. The Labute approximate surface area is 147 Å². The van der Waals surface area contributed by atoms with E-state index in [1.165, 1.54) is 0 Å². The van der Waals surface area contributed by atoms with Gasteiger partial charge in [-0.3, -0.25) is 4.90 Å². The van der Waals surface area contributed by atoms with Crippen molar-refractivity contribution < 1.29 is 30.7 Å². The third-order valence-corrected chi connectivity index (χ3v) is 4.37. The van der Waals surface area contributed by atoms with E-state index in [0.717, 1.165) is 0 Å². The predicted octanol–water partition coefficient (Wildman–Crippen LogP) is 4.86. The number of hydrogen-bond acceptors (Lipinski definition) is 2. The highest BCUT2D eigenvalue weighted by Crippen LogP contribution is 2.46. The molecule has 1 aromatic rings. The fourth-order valence-corrected chi connectivity index (χ4v) is 3.40. The van der Waals surface area contributed by atoms with Gasteiger partial charge in [0.2, 0.25) is 0 Å². The summed E-state index contributed by atoms with van der Waals surface area (Å²) in [5.74, 6) is -1.48. The van der Waals surface area contributed by atoms with Crippen LogP contribution in [-0.4, -0.2) is 31.1 Å². The third kappa shape index (κ3) is 4.49. The van der Waals surface area contributed by atoms with Crippen molar-refractivity contribution in [2.24, 2.45) is 5.41 Å². The SMILES string of the molecule is CC(C)(C)[C@H](c1c(F)cc(C(F)(F)F)cc1C(F)(F)F)N1CCNCC1. The first-order chi connectivity index (χ1) is 11.7. The van der Waals surface area contributed by atoms with E-state index in [0.29, 0.717) is 26.2 Å². The first-order valence-electron chi connectivity index (χ1n) is 8.15. The molecule has 0 spiro atoms. The minimum absolute atomic E-state index is 0.0132. The van der Waals surface area contributed by atoms with Crippen molar-refractivity contribution in [3.05, 3.63) is 34.6 Å². The normalized spacial score (nSPS) is 18.8. The summed E-state index contributed by atoms with van der Waals surface area (Å²) >= 11 is 0. The molecule has 1 N–H and O–H groups in total. The van der Waals surface area contributed by atoms with E-state index in [1.807, 2.05) is 0 Å². The molecule has 9 heteroatoms. The number of halogens is 7. The van der Waals surface area contributed by atoms with Gasteiger partial charge in [-0.2, -0.15) is 26.3 Å². The number of benzene rings is 1. The van der Waals surface area contributed by atoms with E-state index < -0.39 is 46.3 Å². The zero-order valence-electron chi connectivity index (χ0n) is 14.7. The number of alkyl halides is 6.